The van der Waals surface area contributed by atoms with Crippen LogP contribution in [-0.4, -0.2) is 22.6 Å². The zero-order valence-electron chi connectivity index (χ0n) is 14.4. The molecule has 0 fully saturated rings. The lowest BCUT2D eigenvalue weighted by atomic mass is 9.97. The average molecular weight is 331 g/mol. The molecule has 2 aromatic rings. The minimum atomic E-state index is -0.355. The first-order valence-corrected chi connectivity index (χ1v) is 7.81. The van der Waals surface area contributed by atoms with E-state index in [9.17, 15) is 9.18 Å². The molecular formula is C18H22FN3O2. The van der Waals surface area contributed by atoms with Crippen molar-refractivity contribution in [3.63, 3.8) is 0 Å². The van der Waals surface area contributed by atoms with Crippen LogP contribution in [0.2, 0.25) is 0 Å². The van der Waals surface area contributed by atoms with Gasteiger partial charge in [0.05, 0.1) is 0 Å². The van der Waals surface area contributed by atoms with Gasteiger partial charge < -0.3 is 9.84 Å². The van der Waals surface area contributed by atoms with Crippen LogP contribution in [0, 0.1) is 5.82 Å². The van der Waals surface area contributed by atoms with Crippen LogP contribution in [0.1, 0.15) is 45.0 Å². The first kappa shape index (κ1) is 17.8. The largest absolute Gasteiger partial charge is 0.352 e. The normalized spacial score (nSPS) is 12.3. The Balaban J connectivity index is 1.89. The van der Waals surface area contributed by atoms with Gasteiger partial charge in [-0.2, -0.15) is 4.98 Å². The molecule has 0 unspecified atom stereocenters. The fourth-order valence-corrected chi connectivity index (χ4v) is 1.98. The summed E-state index contributed by atoms with van der Waals surface area (Å²) < 4.78 is 18.8. The lowest BCUT2D eigenvalue weighted by Crippen LogP contribution is -2.26. The number of halogens is 1. The van der Waals surface area contributed by atoms with Crippen molar-refractivity contribution >= 4 is 12.0 Å². The maximum absolute atomic E-state index is 13.6. The highest BCUT2D eigenvalue weighted by Gasteiger charge is 2.21. The van der Waals surface area contributed by atoms with E-state index < -0.39 is 0 Å². The maximum Gasteiger partial charge on any atom is 0.246 e. The number of hydrogen-bond donors (Lipinski definition) is 1. The summed E-state index contributed by atoms with van der Waals surface area (Å²) in [4.78, 5) is 16.4. The molecule has 0 radical (unpaired) electrons. The second kappa shape index (κ2) is 7.38. The molecule has 0 aliphatic heterocycles. The number of hydrogen-bond acceptors (Lipinski definition) is 4. The number of rotatable bonds is 5. The van der Waals surface area contributed by atoms with E-state index in [1.165, 1.54) is 12.1 Å². The van der Waals surface area contributed by atoms with E-state index >= 15 is 0 Å². The summed E-state index contributed by atoms with van der Waals surface area (Å²) in [6.07, 6.45) is 2.00. The maximum atomic E-state index is 13.6. The highest BCUT2D eigenvalue weighted by Crippen LogP contribution is 2.19. The van der Waals surface area contributed by atoms with Gasteiger partial charge in [-0.25, -0.2) is 4.39 Å². The molecule has 24 heavy (non-hydrogen) atoms. The van der Waals surface area contributed by atoms with Crippen molar-refractivity contribution in [3.8, 4) is 0 Å². The van der Waals surface area contributed by atoms with E-state index in [1.807, 2.05) is 20.8 Å². The summed E-state index contributed by atoms with van der Waals surface area (Å²) in [6.45, 7) is 7.99. The van der Waals surface area contributed by atoms with Gasteiger partial charge in [0, 0.05) is 29.5 Å². The molecule has 0 aliphatic carbocycles. The van der Waals surface area contributed by atoms with Crippen molar-refractivity contribution in [1.29, 1.82) is 0 Å². The number of aromatic nitrogens is 2. The van der Waals surface area contributed by atoms with E-state index in [0.29, 0.717) is 35.8 Å². The SMILES string of the molecule is C/C(=C\c1ccccc1F)C(=O)NCCc1noc(C(C)(C)C)n1. The molecule has 0 aliphatic rings. The topological polar surface area (TPSA) is 68.0 Å². The van der Waals surface area contributed by atoms with Crippen LogP contribution in [0.5, 0.6) is 0 Å². The summed E-state index contributed by atoms with van der Waals surface area (Å²) in [6, 6.07) is 6.32. The van der Waals surface area contributed by atoms with Gasteiger partial charge in [-0.05, 0) is 19.1 Å². The van der Waals surface area contributed by atoms with E-state index in [4.69, 9.17) is 4.52 Å². The van der Waals surface area contributed by atoms with Gasteiger partial charge in [0.15, 0.2) is 5.82 Å². The van der Waals surface area contributed by atoms with Crippen molar-refractivity contribution in [3.05, 3.63) is 52.9 Å². The second-order valence-corrected chi connectivity index (χ2v) is 6.62. The smallest absolute Gasteiger partial charge is 0.246 e. The molecule has 1 N–H and O–H groups in total. The second-order valence-electron chi connectivity index (χ2n) is 6.62. The predicted molar refractivity (Wildman–Crippen MR) is 89.8 cm³/mol. The molecule has 1 aromatic heterocycles. The van der Waals surface area contributed by atoms with Gasteiger partial charge in [0.25, 0.3) is 0 Å². The number of carbonyl (C=O) groups excluding carboxylic acids is 1. The van der Waals surface area contributed by atoms with Crippen LogP contribution in [0.15, 0.2) is 34.4 Å². The Labute approximate surface area is 141 Å². The van der Waals surface area contributed by atoms with Gasteiger partial charge in [-0.15, -0.1) is 0 Å². The van der Waals surface area contributed by atoms with Crippen molar-refractivity contribution in [2.75, 3.05) is 6.54 Å². The van der Waals surface area contributed by atoms with Crippen LogP contribution in [0.25, 0.3) is 6.08 Å². The Morgan fingerprint density at radius 1 is 1.33 bits per heavy atom. The van der Waals surface area contributed by atoms with E-state index in [-0.39, 0.29) is 17.1 Å². The molecule has 2 rings (SSSR count). The summed E-state index contributed by atoms with van der Waals surface area (Å²) >= 11 is 0. The Hall–Kier alpha value is -2.50. The molecule has 5 nitrogen and oxygen atoms in total. The molecule has 0 atom stereocenters. The number of nitrogens with zero attached hydrogens (tertiary/aromatic N) is 2. The van der Waals surface area contributed by atoms with Crippen LogP contribution in [0.4, 0.5) is 4.39 Å². The molecule has 0 bridgehead atoms. The Morgan fingerprint density at radius 3 is 2.67 bits per heavy atom. The standard InChI is InChI=1S/C18H22FN3O2/c1-12(11-13-7-5-6-8-14(13)19)16(23)20-10-9-15-21-17(24-22-15)18(2,3)4/h5-8,11H,9-10H2,1-4H3,(H,20,23)/b12-11+. The highest BCUT2D eigenvalue weighted by atomic mass is 19.1. The van der Waals surface area contributed by atoms with Gasteiger partial charge in [0.2, 0.25) is 11.8 Å². The third kappa shape index (κ3) is 4.75. The molecule has 6 heteroatoms. The Bertz CT molecular complexity index is 745. The van der Waals surface area contributed by atoms with Crippen LogP contribution < -0.4 is 5.32 Å². The molecule has 0 saturated heterocycles. The van der Waals surface area contributed by atoms with Gasteiger partial charge in [0.1, 0.15) is 5.82 Å². The summed E-state index contributed by atoms with van der Waals surface area (Å²) in [7, 11) is 0. The summed E-state index contributed by atoms with van der Waals surface area (Å²) in [5.74, 6) is 0.513. The number of amides is 1. The first-order chi connectivity index (χ1) is 11.3. The number of carbonyl (C=O) groups is 1. The lowest BCUT2D eigenvalue weighted by Gasteiger charge is -2.10. The van der Waals surface area contributed by atoms with E-state index in [2.05, 4.69) is 15.5 Å². The molecule has 1 heterocycles. The molecule has 1 aromatic carbocycles. The molecule has 128 valence electrons. The van der Waals surface area contributed by atoms with Crippen molar-refractivity contribution < 1.29 is 13.7 Å². The molecule has 0 saturated carbocycles. The van der Waals surface area contributed by atoms with Gasteiger partial charge in [-0.3, -0.25) is 4.79 Å². The summed E-state index contributed by atoms with van der Waals surface area (Å²) in [5, 5.41) is 6.67. The highest BCUT2D eigenvalue weighted by molar-refractivity contribution is 5.97. The predicted octanol–water partition coefficient (Wildman–Crippen LogP) is 3.27. The van der Waals surface area contributed by atoms with E-state index in [0.717, 1.165) is 0 Å². The zero-order chi connectivity index (χ0) is 17.7. The first-order valence-electron chi connectivity index (χ1n) is 7.81. The number of nitrogens with one attached hydrogen (secondary N) is 1. The third-order valence-corrected chi connectivity index (χ3v) is 3.38. The van der Waals surface area contributed by atoms with Crippen molar-refractivity contribution in [2.24, 2.45) is 0 Å². The Kier molecular flexibility index (Phi) is 5.49. The zero-order valence-corrected chi connectivity index (χ0v) is 14.4. The van der Waals surface area contributed by atoms with Crippen LogP contribution in [-0.2, 0) is 16.6 Å². The number of benzene rings is 1. The Morgan fingerprint density at radius 2 is 2.04 bits per heavy atom. The quantitative estimate of drug-likeness (QED) is 0.854. The lowest BCUT2D eigenvalue weighted by molar-refractivity contribution is -0.117. The fourth-order valence-electron chi connectivity index (χ4n) is 1.98. The molecular weight excluding hydrogens is 309 g/mol. The van der Waals surface area contributed by atoms with Crippen LogP contribution in [0.3, 0.4) is 0 Å². The van der Waals surface area contributed by atoms with Crippen molar-refractivity contribution in [1.82, 2.24) is 15.5 Å². The van der Waals surface area contributed by atoms with E-state index in [1.54, 1.807) is 25.1 Å². The minimum absolute atomic E-state index is 0.201. The van der Waals surface area contributed by atoms with Crippen LogP contribution >= 0.6 is 0 Å². The van der Waals surface area contributed by atoms with Gasteiger partial charge in [-0.1, -0.05) is 44.1 Å². The third-order valence-electron chi connectivity index (χ3n) is 3.38. The average Bonchev–Trinajstić information content (AvgIpc) is 2.98. The summed E-state index contributed by atoms with van der Waals surface area (Å²) in [5.41, 5.74) is 0.620. The monoisotopic (exact) mass is 331 g/mol. The molecule has 1 amide bonds. The fraction of sp³-hybridized carbons (Fsp3) is 0.389. The van der Waals surface area contributed by atoms with Crippen molar-refractivity contribution in [2.45, 2.75) is 39.5 Å². The molecule has 0 spiro atoms. The minimum Gasteiger partial charge on any atom is -0.352 e. The van der Waals surface area contributed by atoms with Gasteiger partial charge >= 0.3 is 0 Å².